The van der Waals surface area contributed by atoms with Crippen molar-refractivity contribution in [3.05, 3.63) is 0 Å². The fourth-order valence-electron chi connectivity index (χ4n) is 2.99. The molecule has 3 nitrogen and oxygen atoms in total. The molecule has 0 aromatic carbocycles. The summed E-state index contributed by atoms with van der Waals surface area (Å²) in [6, 6.07) is 1.94. The minimum Gasteiger partial charge on any atom is -0.313 e. The molecule has 0 amide bonds. The van der Waals surface area contributed by atoms with Crippen LogP contribution in [0.2, 0.25) is 0 Å². The Balaban J connectivity index is 2.59. The summed E-state index contributed by atoms with van der Waals surface area (Å²) >= 11 is 0. The average molecular weight is 255 g/mol. The highest BCUT2D eigenvalue weighted by molar-refractivity contribution is 4.86. The number of nitrogens with zero attached hydrogens (tertiary/aromatic N) is 2. The Hall–Kier alpha value is -0.120. The molecule has 1 saturated heterocycles. The molecule has 1 N–H and O–H groups in total. The number of likely N-dealkylation sites (N-methyl/N-ethyl adjacent to an activating group) is 1. The Kier molecular flexibility index (Phi) is 7.20. The predicted molar refractivity (Wildman–Crippen MR) is 80.1 cm³/mol. The molecule has 0 radical (unpaired) electrons. The van der Waals surface area contributed by atoms with E-state index in [1.54, 1.807) is 0 Å². The molecular weight excluding hydrogens is 222 g/mol. The van der Waals surface area contributed by atoms with Crippen LogP contribution in [0.25, 0.3) is 0 Å². The third kappa shape index (κ3) is 4.52. The lowest BCUT2D eigenvalue weighted by Crippen LogP contribution is -2.52. The van der Waals surface area contributed by atoms with Crippen LogP contribution in [0, 0.1) is 0 Å². The number of rotatable bonds is 6. The maximum Gasteiger partial charge on any atom is 0.0223 e. The normalized spacial score (nSPS) is 26.8. The van der Waals surface area contributed by atoms with Gasteiger partial charge in [-0.3, -0.25) is 4.90 Å². The molecule has 3 unspecified atom stereocenters. The van der Waals surface area contributed by atoms with Crippen LogP contribution in [-0.2, 0) is 0 Å². The molecule has 1 heterocycles. The van der Waals surface area contributed by atoms with E-state index in [0.29, 0.717) is 12.1 Å². The van der Waals surface area contributed by atoms with Gasteiger partial charge in [-0.1, -0.05) is 13.8 Å². The lowest BCUT2D eigenvalue weighted by Gasteiger charge is -2.38. The minimum atomic E-state index is 0.586. The summed E-state index contributed by atoms with van der Waals surface area (Å²) in [5.41, 5.74) is 0. The van der Waals surface area contributed by atoms with Crippen LogP contribution >= 0.6 is 0 Å². The van der Waals surface area contributed by atoms with E-state index in [0.717, 1.165) is 12.6 Å². The quantitative estimate of drug-likeness (QED) is 0.785. The van der Waals surface area contributed by atoms with Gasteiger partial charge in [-0.15, -0.1) is 0 Å². The fourth-order valence-corrected chi connectivity index (χ4v) is 2.99. The van der Waals surface area contributed by atoms with Crippen molar-refractivity contribution in [2.24, 2.45) is 0 Å². The zero-order valence-corrected chi connectivity index (χ0v) is 13.1. The summed E-state index contributed by atoms with van der Waals surface area (Å²) in [4.78, 5) is 5.22. The molecule has 3 atom stereocenters. The van der Waals surface area contributed by atoms with E-state index in [2.05, 4.69) is 49.9 Å². The van der Waals surface area contributed by atoms with E-state index < -0.39 is 0 Å². The van der Waals surface area contributed by atoms with Gasteiger partial charge < -0.3 is 10.2 Å². The van der Waals surface area contributed by atoms with Crippen LogP contribution in [0.4, 0.5) is 0 Å². The summed E-state index contributed by atoms with van der Waals surface area (Å²) in [6.07, 6.45) is 3.78. The number of hydrogen-bond donors (Lipinski definition) is 1. The van der Waals surface area contributed by atoms with Gasteiger partial charge in [-0.25, -0.2) is 0 Å². The molecule has 108 valence electrons. The molecule has 1 rings (SSSR count). The van der Waals surface area contributed by atoms with Gasteiger partial charge in [-0.2, -0.15) is 0 Å². The fraction of sp³-hybridized carbons (Fsp3) is 1.00. The van der Waals surface area contributed by atoms with Gasteiger partial charge in [0.2, 0.25) is 0 Å². The van der Waals surface area contributed by atoms with Crippen molar-refractivity contribution in [1.82, 2.24) is 15.1 Å². The van der Waals surface area contributed by atoms with Crippen molar-refractivity contribution in [2.75, 3.05) is 33.2 Å². The van der Waals surface area contributed by atoms with Gasteiger partial charge in [0.1, 0.15) is 0 Å². The first-order valence-electron chi connectivity index (χ1n) is 7.77. The van der Waals surface area contributed by atoms with Gasteiger partial charge in [0.15, 0.2) is 0 Å². The third-order valence-corrected chi connectivity index (χ3v) is 4.38. The van der Waals surface area contributed by atoms with Crippen LogP contribution in [0.5, 0.6) is 0 Å². The summed E-state index contributed by atoms with van der Waals surface area (Å²) < 4.78 is 0. The highest BCUT2D eigenvalue weighted by Crippen LogP contribution is 2.17. The molecular formula is C15H33N3. The van der Waals surface area contributed by atoms with E-state index in [-0.39, 0.29) is 0 Å². The third-order valence-electron chi connectivity index (χ3n) is 4.38. The van der Waals surface area contributed by atoms with Gasteiger partial charge in [0.25, 0.3) is 0 Å². The SMILES string of the molecule is CCCNC(C)C(C)N1CCCN(C)CC1CC. The van der Waals surface area contributed by atoms with E-state index in [4.69, 9.17) is 0 Å². The van der Waals surface area contributed by atoms with Crippen molar-refractivity contribution in [2.45, 2.75) is 65.1 Å². The highest BCUT2D eigenvalue weighted by atomic mass is 15.3. The smallest absolute Gasteiger partial charge is 0.0223 e. The second-order valence-electron chi connectivity index (χ2n) is 5.90. The minimum absolute atomic E-state index is 0.586. The Labute approximate surface area is 114 Å². The average Bonchev–Trinajstić information content (AvgIpc) is 2.56. The molecule has 18 heavy (non-hydrogen) atoms. The van der Waals surface area contributed by atoms with Gasteiger partial charge >= 0.3 is 0 Å². The summed E-state index contributed by atoms with van der Waals surface area (Å²) in [5, 5.41) is 3.65. The largest absolute Gasteiger partial charge is 0.313 e. The maximum absolute atomic E-state index is 3.65. The molecule has 1 aliphatic heterocycles. The summed E-state index contributed by atoms with van der Waals surface area (Å²) in [5.74, 6) is 0. The van der Waals surface area contributed by atoms with Crippen LogP contribution in [0.15, 0.2) is 0 Å². The summed E-state index contributed by atoms with van der Waals surface area (Å²) in [7, 11) is 2.26. The number of hydrogen-bond acceptors (Lipinski definition) is 3. The zero-order valence-electron chi connectivity index (χ0n) is 13.1. The molecule has 1 fully saturated rings. The van der Waals surface area contributed by atoms with E-state index in [9.17, 15) is 0 Å². The lowest BCUT2D eigenvalue weighted by atomic mass is 10.1. The van der Waals surface area contributed by atoms with Crippen molar-refractivity contribution in [3.63, 3.8) is 0 Å². The number of nitrogens with one attached hydrogen (secondary N) is 1. The first kappa shape index (κ1) is 15.9. The van der Waals surface area contributed by atoms with Crippen molar-refractivity contribution < 1.29 is 0 Å². The van der Waals surface area contributed by atoms with Gasteiger partial charge in [0.05, 0.1) is 0 Å². The lowest BCUT2D eigenvalue weighted by molar-refractivity contribution is 0.115. The van der Waals surface area contributed by atoms with E-state index in [1.807, 2.05) is 0 Å². The summed E-state index contributed by atoms with van der Waals surface area (Å²) in [6.45, 7) is 14.1. The second-order valence-corrected chi connectivity index (χ2v) is 5.90. The molecule has 0 bridgehead atoms. The molecule has 0 aliphatic carbocycles. The molecule has 0 spiro atoms. The predicted octanol–water partition coefficient (Wildman–Crippen LogP) is 2.18. The highest BCUT2D eigenvalue weighted by Gasteiger charge is 2.28. The first-order valence-corrected chi connectivity index (χ1v) is 7.77. The topological polar surface area (TPSA) is 18.5 Å². The maximum atomic E-state index is 3.65. The molecule has 0 saturated carbocycles. The standard InChI is InChI=1S/C15H33N3/c1-6-9-16-13(3)14(4)18-11-8-10-17(5)12-15(18)7-2/h13-16H,6-12H2,1-5H3. The Morgan fingerprint density at radius 3 is 2.56 bits per heavy atom. The second kappa shape index (κ2) is 8.13. The van der Waals surface area contributed by atoms with Crippen molar-refractivity contribution >= 4 is 0 Å². The van der Waals surface area contributed by atoms with Gasteiger partial charge in [0, 0.05) is 31.2 Å². The van der Waals surface area contributed by atoms with Gasteiger partial charge in [-0.05, 0) is 53.2 Å². The Bertz CT molecular complexity index is 220. The molecule has 0 aromatic heterocycles. The van der Waals surface area contributed by atoms with Crippen molar-refractivity contribution in [1.29, 1.82) is 0 Å². The molecule has 0 aromatic rings. The Morgan fingerprint density at radius 2 is 1.94 bits per heavy atom. The van der Waals surface area contributed by atoms with Crippen LogP contribution in [0.3, 0.4) is 0 Å². The van der Waals surface area contributed by atoms with Crippen LogP contribution in [0.1, 0.15) is 47.0 Å². The van der Waals surface area contributed by atoms with Crippen molar-refractivity contribution in [3.8, 4) is 0 Å². The zero-order chi connectivity index (χ0) is 13.5. The Morgan fingerprint density at radius 1 is 1.22 bits per heavy atom. The molecule has 3 heteroatoms. The monoisotopic (exact) mass is 255 g/mol. The van der Waals surface area contributed by atoms with E-state index in [1.165, 1.54) is 38.9 Å². The molecule has 1 aliphatic rings. The van der Waals surface area contributed by atoms with E-state index >= 15 is 0 Å². The van der Waals surface area contributed by atoms with Crippen LogP contribution in [-0.4, -0.2) is 61.2 Å². The first-order chi connectivity index (χ1) is 8.60. The van der Waals surface area contributed by atoms with Crippen LogP contribution < -0.4 is 5.32 Å².